The fourth-order valence-electron chi connectivity index (χ4n) is 1.91. The van der Waals surface area contributed by atoms with Gasteiger partial charge in [0.15, 0.2) is 11.5 Å². The van der Waals surface area contributed by atoms with Crippen LogP contribution in [0.2, 0.25) is 0 Å². The van der Waals surface area contributed by atoms with Crippen LogP contribution in [0.15, 0.2) is 29.9 Å². The van der Waals surface area contributed by atoms with Crippen molar-refractivity contribution in [3.05, 3.63) is 29.9 Å². The summed E-state index contributed by atoms with van der Waals surface area (Å²) in [5.74, 6) is 1.31. The van der Waals surface area contributed by atoms with Gasteiger partial charge in [-0.25, -0.2) is 4.98 Å². The van der Waals surface area contributed by atoms with Gasteiger partial charge in [0.05, 0.1) is 25.9 Å². The zero-order chi connectivity index (χ0) is 13.2. The molecule has 0 unspecified atom stereocenters. The van der Waals surface area contributed by atoms with E-state index in [4.69, 9.17) is 9.47 Å². The van der Waals surface area contributed by atoms with Gasteiger partial charge in [0.1, 0.15) is 5.01 Å². The lowest BCUT2D eigenvalue weighted by atomic mass is 10.1. The Labute approximate surface area is 113 Å². The van der Waals surface area contributed by atoms with Crippen LogP contribution in [0.25, 0.3) is 21.5 Å². The van der Waals surface area contributed by atoms with Crippen molar-refractivity contribution in [2.75, 3.05) is 14.2 Å². The second kappa shape index (κ2) is 4.81. The van der Waals surface area contributed by atoms with Crippen LogP contribution >= 0.6 is 11.3 Å². The van der Waals surface area contributed by atoms with E-state index in [0.717, 1.165) is 21.5 Å². The van der Waals surface area contributed by atoms with E-state index in [1.165, 1.54) is 0 Å². The third-order valence-electron chi connectivity index (χ3n) is 2.81. The lowest BCUT2D eigenvalue weighted by Crippen LogP contribution is -1.94. The van der Waals surface area contributed by atoms with Crippen molar-refractivity contribution in [3.8, 4) is 22.1 Å². The summed E-state index contributed by atoms with van der Waals surface area (Å²) in [6, 6.07) is 3.72. The van der Waals surface area contributed by atoms with Crippen molar-refractivity contribution < 1.29 is 9.47 Å². The summed E-state index contributed by atoms with van der Waals surface area (Å²) in [6.07, 6.45) is 3.49. The summed E-state index contributed by atoms with van der Waals surface area (Å²) in [5.41, 5.74) is 1.70. The number of hydrogen-bond acceptors (Lipinski definition) is 6. The molecule has 0 aliphatic heterocycles. The molecule has 5 nitrogen and oxygen atoms in total. The van der Waals surface area contributed by atoms with Crippen LogP contribution in [-0.2, 0) is 0 Å². The predicted octanol–water partition coefficient (Wildman–Crippen LogP) is 2.77. The number of hydrogen-bond donors (Lipinski definition) is 0. The molecule has 3 rings (SSSR count). The third-order valence-corrected chi connectivity index (χ3v) is 3.61. The molecule has 2 aromatic heterocycles. The summed E-state index contributed by atoms with van der Waals surface area (Å²) in [5, 5.41) is 11.9. The molecule has 3 aromatic rings. The van der Waals surface area contributed by atoms with Crippen LogP contribution in [0.5, 0.6) is 11.5 Å². The Hall–Kier alpha value is -2.21. The van der Waals surface area contributed by atoms with Gasteiger partial charge in [0.25, 0.3) is 0 Å². The van der Waals surface area contributed by atoms with Gasteiger partial charge in [-0.3, -0.25) is 0 Å². The number of benzene rings is 1. The van der Waals surface area contributed by atoms with Gasteiger partial charge >= 0.3 is 0 Å². The summed E-state index contributed by atoms with van der Waals surface area (Å²) in [6.45, 7) is 0. The standard InChI is InChI=1S/C13H11N3O2S/c1-17-11-5-8-9(13-14-3-4-19-13)7-15-16-10(8)6-12(11)18-2/h3-7H,1-2H3. The first-order valence-corrected chi connectivity index (χ1v) is 6.48. The van der Waals surface area contributed by atoms with Gasteiger partial charge in [-0.1, -0.05) is 0 Å². The van der Waals surface area contributed by atoms with Crippen LogP contribution in [0.4, 0.5) is 0 Å². The second-order valence-corrected chi connectivity index (χ2v) is 4.71. The minimum Gasteiger partial charge on any atom is -0.493 e. The molecule has 0 bridgehead atoms. The van der Waals surface area contributed by atoms with E-state index in [2.05, 4.69) is 15.2 Å². The van der Waals surface area contributed by atoms with Crippen molar-refractivity contribution in [3.63, 3.8) is 0 Å². The maximum Gasteiger partial charge on any atom is 0.162 e. The molecule has 0 aliphatic carbocycles. The van der Waals surface area contributed by atoms with Crippen LogP contribution in [-0.4, -0.2) is 29.4 Å². The monoisotopic (exact) mass is 273 g/mol. The average Bonchev–Trinajstić information content (AvgIpc) is 2.99. The molecule has 0 radical (unpaired) electrons. The molecule has 2 heterocycles. The number of thiazole rings is 1. The quantitative estimate of drug-likeness (QED) is 0.734. The van der Waals surface area contributed by atoms with Crippen LogP contribution in [0.3, 0.4) is 0 Å². The summed E-state index contributed by atoms with van der Waals surface area (Å²) in [7, 11) is 3.21. The van der Waals surface area contributed by atoms with Crippen molar-refractivity contribution in [2.45, 2.75) is 0 Å². The number of ether oxygens (including phenoxy) is 2. The largest absolute Gasteiger partial charge is 0.493 e. The Kier molecular flexibility index (Phi) is 3.00. The van der Waals surface area contributed by atoms with Crippen LogP contribution in [0, 0.1) is 0 Å². The number of aromatic nitrogens is 3. The van der Waals surface area contributed by atoms with Crippen LogP contribution in [0.1, 0.15) is 0 Å². The molecular weight excluding hydrogens is 262 g/mol. The topological polar surface area (TPSA) is 57.1 Å². The van der Waals surface area contributed by atoms with Crippen molar-refractivity contribution in [1.82, 2.24) is 15.2 Å². The van der Waals surface area contributed by atoms with Gasteiger partial charge in [-0.05, 0) is 6.07 Å². The smallest absolute Gasteiger partial charge is 0.162 e. The highest BCUT2D eigenvalue weighted by Gasteiger charge is 2.12. The van der Waals surface area contributed by atoms with Crippen molar-refractivity contribution >= 4 is 22.2 Å². The minimum atomic E-state index is 0.639. The van der Waals surface area contributed by atoms with Gasteiger partial charge in [-0.2, -0.15) is 10.2 Å². The fourth-order valence-corrected chi connectivity index (χ4v) is 2.57. The minimum absolute atomic E-state index is 0.639. The van der Waals surface area contributed by atoms with Gasteiger partial charge in [-0.15, -0.1) is 11.3 Å². The van der Waals surface area contributed by atoms with E-state index in [9.17, 15) is 0 Å². The normalized spacial score (nSPS) is 10.6. The number of rotatable bonds is 3. The molecule has 19 heavy (non-hydrogen) atoms. The van der Waals surface area contributed by atoms with Crippen LogP contribution < -0.4 is 9.47 Å². The van der Waals surface area contributed by atoms with E-state index in [-0.39, 0.29) is 0 Å². The molecule has 96 valence electrons. The molecule has 1 aromatic carbocycles. The molecular formula is C13H11N3O2S. The average molecular weight is 273 g/mol. The highest BCUT2D eigenvalue weighted by Crippen LogP contribution is 2.35. The molecule has 6 heteroatoms. The first-order valence-electron chi connectivity index (χ1n) is 5.60. The zero-order valence-corrected chi connectivity index (χ0v) is 11.3. The molecule has 0 aliphatic rings. The van der Waals surface area contributed by atoms with Crippen molar-refractivity contribution in [1.29, 1.82) is 0 Å². The molecule has 0 fully saturated rings. The Morgan fingerprint density at radius 3 is 2.58 bits per heavy atom. The zero-order valence-electron chi connectivity index (χ0n) is 10.5. The molecule has 0 saturated carbocycles. The summed E-state index contributed by atoms with van der Waals surface area (Å²) >= 11 is 1.56. The number of fused-ring (bicyclic) bond motifs is 1. The predicted molar refractivity (Wildman–Crippen MR) is 73.8 cm³/mol. The summed E-state index contributed by atoms with van der Waals surface area (Å²) in [4.78, 5) is 4.31. The van der Waals surface area contributed by atoms with E-state index in [1.54, 1.807) is 38.0 Å². The maximum atomic E-state index is 5.33. The Morgan fingerprint density at radius 1 is 1.11 bits per heavy atom. The lowest BCUT2D eigenvalue weighted by molar-refractivity contribution is 0.356. The number of nitrogens with zero attached hydrogens (tertiary/aromatic N) is 3. The molecule has 0 atom stereocenters. The molecule has 0 spiro atoms. The Balaban J connectivity index is 2.30. The van der Waals surface area contributed by atoms with Gasteiger partial charge in [0.2, 0.25) is 0 Å². The van der Waals surface area contributed by atoms with E-state index in [1.807, 2.05) is 17.5 Å². The van der Waals surface area contributed by atoms with E-state index >= 15 is 0 Å². The molecule has 0 N–H and O–H groups in total. The Morgan fingerprint density at radius 2 is 1.89 bits per heavy atom. The van der Waals surface area contributed by atoms with Gasteiger partial charge < -0.3 is 9.47 Å². The van der Waals surface area contributed by atoms with Gasteiger partial charge in [0, 0.05) is 28.6 Å². The lowest BCUT2D eigenvalue weighted by Gasteiger charge is -2.09. The highest BCUT2D eigenvalue weighted by molar-refractivity contribution is 7.13. The maximum absolute atomic E-state index is 5.33. The van der Waals surface area contributed by atoms with E-state index in [0.29, 0.717) is 11.5 Å². The Bertz CT molecular complexity index is 713. The van der Waals surface area contributed by atoms with E-state index < -0.39 is 0 Å². The highest BCUT2D eigenvalue weighted by atomic mass is 32.1. The SMILES string of the molecule is COc1cc2nncc(-c3nccs3)c2cc1OC. The summed E-state index contributed by atoms with van der Waals surface area (Å²) < 4.78 is 10.6. The first kappa shape index (κ1) is 11.9. The van der Waals surface area contributed by atoms with Crippen molar-refractivity contribution in [2.24, 2.45) is 0 Å². The fraction of sp³-hybridized carbons (Fsp3) is 0.154. The first-order chi connectivity index (χ1) is 9.33. The molecule has 0 saturated heterocycles. The number of methoxy groups -OCH3 is 2. The molecule has 0 amide bonds. The second-order valence-electron chi connectivity index (χ2n) is 3.82. The third kappa shape index (κ3) is 2.00.